The Labute approximate surface area is 181 Å². The van der Waals surface area contributed by atoms with Gasteiger partial charge in [-0.2, -0.15) is 5.10 Å². The summed E-state index contributed by atoms with van der Waals surface area (Å²) in [7, 11) is -4.01. The van der Waals surface area contributed by atoms with E-state index in [1.54, 1.807) is 42.5 Å². The largest absolute Gasteiger partial charge is 0.271 e. The number of nitrogens with zero attached hydrogens (tertiary/aromatic N) is 2. The highest BCUT2D eigenvalue weighted by molar-refractivity contribution is 7.92. The Kier molecular flexibility index (Phi) is 6.81. The van der Waals surface area contributed by atoms with E-state index in [2.05, 4.69) is 10.5 Å². The van der Waals surface area contributed by atoms with E-state index in [1.807, 2.05) is 19.9 Å². The van der Waals surface area contributed by atoms with Gasteiger partial charge >= 0.3 is 0 Å². The van der Waals surface area contributed by atoms with Crippen LogP contribution < -0.4 is 9.73 Å². The summed E-state index contributed by atoms with van der Waals surface area (Å²) >= 11 is 0. The van der Waals surface area contributed by atoms with Gasteiger partial charge in [0.25, 0.3) is 15.9 Å². The Morgan fingerprint density at radius 1 is 1.00 bits per heavy atom. The van der Waals surface area contributed by atoms with Gasteiger partial charge in [0.15, 0.2) is 0 Å². The number of benzene rings is 3. The number of sulfonamides is 1. The SMILES string of the molecule is Cc1ccc(S(=O)(=O)N(CC(=O)N/N=C/c2ccccc2F)c2cccc(C)c2)cc1. The summed E-state index contributed by atoms with van der Waals surface area (Å²) in [6, 6.07) is 19.2. The van der Waals surface area contributed by atoms with E-state index in [0.717, 1.165) is 15.4 Å². The number of anilines is 1. The molecule has 3 aromatic carbocycles. The van der Waals surface area contributed by atoms with Crippen LogP contribution in [0.3, 0.4) is 0 Å². The Morgan fingerprint density at radius 2 is 1.71 bits per heavy atom. The summed E-state index contributed by atoms with van der Waals surface area (Å²) in [4.78, 5) is 12.6. The molecule has 3 rings (SSSR count). The van der Waals surface area contributed by atoms with Crippen LogP contribution in [0.4, 0.5) is 10.1 Å². The molecule has 31 heavy (non-hydrogen) atoms. The maximum absolute atomic E-state index is 13.7. The quantitative estimate of drug-likeness (QED) is 0.449. The second-order valence-corrected chi connectivity index (χ2v) is 8.84. The fourth-order valence-electron chi connectivity index (χ4n) is 2.86. The van der Waals surface area contributed by atoms with Crippen LogP contribution in [-0.4, -0.2) is 27.1 Å². The molecule has 1 amide bonds. The molecule has 0 unspecified atom stereocenters. The Balaban J connectivity index is 1.86. The smallest absolute Gasteiger partial charge is 0.264 e. The van der Waals surface area contributed by atoms with Crippen LogP contribution in [0, 0.1) is 19.7 Å². The van der Waals surface area contributed by atoms with E-state index in [-0.39, 0.29) is 10.5 Å². The zero-order chi connectivity index (χ0) is 22.4. The molecule has 0 radical (unpaired) electrons. The zero-order valence-corrected chi connectivity index (χ0v) is 17.9. The summed E-state index contributed by atoms with van der Waals surface area (Å²) < 4.78 is 41.3. The van der Waals surface area contributed by atoms with Crippen molar-refractivity contribution in [3.63, 3.8) is 0 Å². The van der Waals surface area contributed by atoms with E-state index in [9.17, 15) is 17.6 Å². The molecule has 3 aromatic rings. The van der Waals surface area contributed by atoms with Crippen molar-refractivity contribution in [3.05, 3.63) is 95.3 Å². The van der Waals surface area contributed by atoms with E-state index in [0.29, 0.717) is 5.69 Å². The number of hydrogen-bond acceptors (Lipinski definition) is 4. The highest BCUT2D eigenvalue weighted by atomic mass is 32.2. The van der Waals surface area contributed by atoms with Gasteiger partial charge in [-0.1, -0.05) is 48.0 Å². The molecule has 0 aliphatic rings. The third-order valence-electron chi connectivity index (χ3n) is 4.48. The van der Waals surface area contributed by atoms with Crippen molar-refractivity contribution in [1.82, 2.24) is 5.43 Å². The summed E-state index contributed by atoms with van der Waals surface area (Å²) in [5, 5.41) is 3.75. The molecular formula is C23H22FN3O3S. The molecule has 0 bridgehead atoms. The maximum Gasteiger partial charge on any atom is 0.264 e. The van der Waals surface area contributed by atoms with Gasteiger partial charge in [0.1, 0.15) is 12.4 Å². The van der Waals surface area contributed by atoms with Gasteiger partial charge in [-0.05, 0) is 49.7 Å². The van der Waals surface area contributed by atoms with Crippen molar-refractivity contribution in [1.29, 1.82) is 0 Å². The molecule has 1 N–H and O–H groups in total. The number of hydrazone groups is 1. The van der Waals surface area contributed by atoms with Crippen molar-refractivity contribution in [2.75, 3.05) is 10.8 Å². The molecule has 0 fully saturated rings. The first-order chi connectivity index (χ1) is 14.8. The van der Waals surface area contributed by atoms with Gasteiger partial charge in [0.2, 0.25) is 0 Å². The average Bonchev–Trinajstić information content (AvgIpc) is 2.73. The van der Waals surface area contributed by atoms with Crippen LogP contribution in [0.25, 0.3) is 0 Å². The Morgan fingerprint density at radius 3 is 2.39 bits per heavy atom. The Hall–Kier alpha value is -3.52. The average molecular weight is 440 g/mol. The summed E-state index contributed by atoms with van der Waals surface area (Å²) in [6.07, 6.45) is 1.17. The molecule has 0 saturated carbocycles. The number of hydrogen-bond donors (Lipinski definition) is 1. The second kappa shape index (κ2) is 9.53. The highest BCUT2D eigenvalue weighted by Gasteiger charge is 2.27. The van der Waals surface area contributed by atoms with E-state index >= 15 is 0 Å². The predicted molar refractivity (Wildman–Crippen MR) is 119 cm³/mol. The van der Waals surface area contributed by atoms with Gasteiger partial charge in [-0.25, -0.2) is 18.2 Å². The third kappa shape index (κ3) is 5.55. The fraction of sp³-hybridized carbons (Fsp3) is 0.130. The number of rotatable bonds is 7. The van der Waals surface area contributed by atoms with Crippen LogP contribution in [0.1, 0.15) is 16.7 Å². The molecule has 0 aliphatic carbocycles. The van der Waals surface area contributed by atoms with Gasteiger partial charge in [-0.3, -0.25) is 9.10 Å². The number of amides is 1. The predicted octanol–water partition coefficient (Wildman–Crippen LogP) is 3.79. The van der Waals surface area contributed by atoms with E-state index in [1.165, 1.54) is 30.5 Å². The van der Waals surface area contributed by atoms with Crippen LogP contribution in [0.2, 0.25) is 0 Å². The lowest BCUT2D eigenvalue weighted by molar-refractivity contribution is -0.119. The van der Waals surface area contributed by atoms with Gasteiger partial charge in [-0.15, -0.1) is 0 Å². The molecular weight excluding hydrogens is 417 g/mol. The number of halogens is 1. The minimum Gasteiger partial charge on any atom is -0.271 e. The minimum absolute atomic E-state index is 0.0715. The number of carbonyl (C=O) groups excluding carboxylic acids is 1. The van der Waals surface area contributed by atoms with Crippen molar-refractivity contribution in [2.24, 2.45) is 5.10 Å². The lowest BCUT2D eigenvalue weighted by Crippen LogP contribution is -2.39. The van der Waals surface area contributed by atoms with Crippen LogP contribution >= 0.6 is 0 Å². The van der Waals surface area contributed by atoms with Crippen LogP contribution in [0.5, 0.6) is 0 Å². The molecule has 0 spiro atoms. The molecule has 0 heterocycles. The van der Waals surface area contributed by atoms with E-state index in [4.69, 9.17) is 0 Å². The first kappa shape index (κ1) is 22.2. The van der Waals surface area contributed by atoms with Crippen molar-refractivity contribution >= 4 is 27.8 Å². The monoisotopic (exact) mass is 439 g/mol. The van der Waals surface area contributed by atoms with E-state index < -0.39 is 28.3 Å². The van der Waals surface area contributed by atoms with Crippen molar-refractivity contribution < 1.29 is 17.6 Å². The molecule has 160 valence electrons. The maximum atomic E-state index is 13.7. The minimum atomic E-state index is -4.01. The lowest BCUT2D eigenvalue weighted by Gasteiger charge is -2.24. The van der Waals surface area contributed by atoms with Crippen LogP contribution in [0.15, 0.2) is 82.8 Å². The van der Waals surface area contributed by atoms with Crippen LogP contribution in [-0.2, 0) is 14.8 Å². The molecule has 6 nitrogen and oxygen atoms in total. The molecule has 8 heteroatoms. The number of carbonyl (C=O) groups is 1. The van der Waals surface area contributed by atoms with Gasteiger partial charge < -0.3 is 0 Å². The normalized spacial score (nSPS) is 11.5. The number of aryl methyl sites for hydroxylation is 2. The fourth-order valence-corrected chi connectivity index (χ4v) is 4.27. The third-order valence-corrected chi connectivity index (χ3v) is 6.27. The summed E-state index contributed by atoms with van der Waals surface area (Å²) in [6.45, 7) is 3.20. The van der Waals surface area contributed by atoms with Gasteiger partial charge in [0, 0.05) is 5.56 Å². The molecule has 0 aromatic heterocycles. The lowest BCUT2D eigenvalue weighted by atomic mass is 10.2. The summed E-state index contributed by atoms with van der Waals surface area (Å²) in [5.41, 5.74) is 4.58. The summed E-state index contributed by atoms with van der Waals surface area (Å²) in [5.74, 6) is -1.14. The number of nitrogens with one attached hydrogen (secondary N) is 1. The molecule has 0 aliphatic heterocycles. The Bertz CT molecular complexity index is 1210. The first-order valence-corrected chi connectivity index (χ1v) is 10.9. The second-order valence-electron chi connectivity index (χ2n) is 6.98. The van der Waals surface area contributed by atoms with Crippen molar-refractivity contribution in [2.45, 2.75) is 18.7 Å². The molecule has 0 saturated heterocycles. The zero-order valence-electron chi connectivity index (χ0n) is 17.1. The molecule has 0 atom stereocenters. The highest BCUT2D eigenvalue weighted by Crippen LogP contribution is 2.24. The standard InChI is InChI=1S/C23H22FN3O3S/c1-17-10-12-21(13-11-17)31(29,30)27(20-8-5-6-18(2)14-20)16-23(28)26-25-15-19-7-3-4-9-22(19)24/h3-15H,16H2,1-2H3,(H,26,28)/b25-15+. The first-order valence-electron chi connectivity index (χ1n) is 9.50. The topological polar surface area (TPSA) is 78.8 Å². The van der Waals surface area contributed by atoms with Gasteiger partial charge in [0.05, 0.1) is 16.8 Å². The van der Waals surface area contributed by atoms with Crippen molar-refractivity contribution in [3.8, 4) is 0 Å².